The fourth-order valence-electron chi connectivity index (χ4n) is 3.05. The summed E-state index contributed by atoms with van der Waals surface area (Å²) in [5.41, 5.74) is 1.37. The molecule has 2 amide bonds. The van der Waals surface area contributed by atoms with E-state index in [9.17, 15) is 22.8 Å². The molecule has 0 bridgehead atoms. The fourth-order valence-corrected chi connectivity index (χ4v) is 3.05. The summed E-state index contributed by atoms with van der Waals surface area (Å²) in [5, 5.41) is 5.29. The molecule has 2 N–H and O–H groups in total. The third kappa shape index (κ3) is 5.55. The molecule has 4 nitrogen and oxygen atoms in total. The average molecular weight is 440 g/mol. The van der Waals surface area contributed by atoms with Crippen molar-refractivity contribution in [1.29, 1.82) is 0 Å². The third-order valence-electron chi connectivity index (χ3n) is 4.90. The summed E-state index contributed by atoms with van der Waals surface area (Å²) in [6.45, 7) is 6.23. The zero-order valence-electron chi connectivity index (χ0n) is 17.9. The van der Waals surface area contributed by atoms with Crippen LogP contribution in [0.25, 0.3) is 0 Å². The lowest BCUT2D eigenvalue weighted by Crippen LogP contribution is -2.18. The number of alkyl halides is 3. The number of nitrogens with one attached hydrogen (secondary N) is 2. The van der Waals surface area contributed by atoms with Gasteiger partial charge in [0.25, 0.3) is 11.8 Å². The molecule has 0 radical (unpaired) electrons. The highest BCUT2D eigenvalue weighted by Crippen LogP contribution is 2.30. The first kappa shape index (κ1) is 23.1. The van der Waals surface area contributed by atoms with Gasteiger partial charge in [0, 0.05) is 11.3 Å². The van der Waals surface area contributed by atoms with Crippen LogP contribution in [-0.2, 0) is 11.6 Å². The maximum atomic E-state index is 12.7. The van der Waals surface area contributed by atoms with Crippen molar-refractivity contribution in [2.45, 2.75) is 32.4 Å². The Labute approximate surface area is 184 Å². The normalized spacial score (nSPS) is 11.7. The molecule has 3 rings (SSSR count). The van der Waals surface area contributed by atoms with Crippen molar-refractivity contribution in [2.75, 3.05) is 10.6 Å². The van der Waals surface area contributed by atoms with Crippen molar-refractivity contribution < 1.29 is 22.8 Å². The Morgan fingerprint density at radius 3 is 1.81 bits per heavy atom. The zero-order valence-corrected chi connectivity index (χ0v) is 17.9. The van der Waals surface area contributed by atoms with E-state index < -0.39 is 17.6 Å². The quantitative estimate of drug-likeness (QED) is 0.486. The molecule has 0 saturated carbocycles. The summed E-state index contributed by atoms with van der Waals surface area (Å²) in [6, 6.07) is 17.8. The number of anilines is 2. The minimum absolute atomic E-state index is 0.0437. The van der Waals surface area contributed by atoms with E-state index in [-0.39, 0.29) is 22.6 Å². The van der Waals surface area contributed by atoms with Crippen molar-refractivity contribution >= 4 is 23.2 Å². The van der Waals surface area contributed by atoms with E-state index in [1.54, 1.807) is 30.3 Å². The second-order valence-electron chi connectivity index (χ2n) is 8.36. The number of benzene rings is 3. The Morgan fingerprint density at radius 2 is 1.25 bits per heavy atom. The van der Waals surface area contributed by atoms with E-state index in [1.165, 1.54) is 18.2 Å². The second-order valence-corrected chi connectivity index (χ2v) is 8.36. The second kappa shape index (κ2) is 8.86. The summed E-state index contributed by atoms with van der Waals surface area (Å²) in [6.07, 6.45) is -4.45. The summed E-state index contributed by atoms with van der Waals surface area (Å²) in [5.74, 6) is -0.927. The summed E-state index contributed by atoms with van der Waals surface area (Å²) in [4.78, 5) is 25.4. The molecule has 0 saturated heterocycles. The topological polar surface area (TPSA) is 58.2 Å². The predicted octanol–water partition coefficient (Wildman–Crippen LogP) is 6.51. The smallest absolute Gasteiger partial charge is 0.322 e. The number of hydrogen-bond acceptors (Lipinski definition) is 2. The van der Waals surface area contributed by atoms with Crippen molar-refractivity contribution in [3.63, 3.8) is 0 Å². The van der Waals surface area contributed by atoms with Gasteiger partial charge in [0.05, 0.1) is 16.8 Å². The SMILES string of the molecule is CC(C)(C)c1ccc(C(=O)Nc2ccccc2C(=O)Nc2ccc(C(F)(F)F)cc2)cc1. The fraction of sp³-hybridized carbons (Fsp3) is 0.200. The van der Waals surface area contributed by atoms with Gasteiger partial charge in [0.15, 0.2) is 0 Å². The van der Waals surface area contributed by atoms with Crippen LogP contribution in [0.3, 0.4) is 0 Å². The van der Waals surface area contributed by atoms with Crippen LogP contribution in [0.1, 0.15) is 52.6 Å². The van der Waals surface area contributed by atoms with Crippen LogP contribution < -0.4 is 10.6 Å². The largest absolute Gasteiger partial charge is 0.416 e. The van der Waals surface area contributed by atoms with Crippen LogP contribution in [0, 0.1) is 0 Å². The molecule has 7 heteroatoms. The predicted molar refractivity (Wildman–Crippen MR) is 119 cm³/mol. The first-order chi connectivity index (χ1) is 14.9. The van der Waals surface area contributed by atoms with Crippen LogP contribution in [-0.4, -0.2) is 11.8 Å². The van der Waals surface area contributed by atoms with Gasteiger partial charge in [-0.1, -0.05) is 45.0 Å². The van der Waals surface area contributed by atoms with Gasteiger partial charge in [0.2, 0.25) is 0 Å². The first-order valence-electron chi connectivity index (χ1n) is 9.95. The minimum atomic E-state index is -4.45. The number of carbonyl (C=O) groups is 2. The maximum absolute atomic E-state index is 12.7. The van der Waals surface area contributed by atoms with Gasteiger partial charge >= 0.3 is 6.18 Å². The van der Waals surface area contributed by atoms with Crippen LogP contribution in [0.4, 0.5) is 24.5 Å². The first-order valence-corrected chi connectivity index (χ1v) is 9.95. The molecule has 3 aromatic rings. The molecule has 3 aromatic carbocycles. The lowest BCUT2D eigenvalue weighted by atomic mass is 9.86. The van der Waals surface area contributed by atoms with E-state index in [1.807, 2.05) is 12.1 Å². The highest BCUT2D eigenvalue weighted by molar-refractivity contribution is 6.12. The van der Waals surface area contributed by atoms with E-state index in [0.29, 0.717) is 11.3 Å². The van der Waals surface area contributed by atoms with Crippen molar-refractivity contribution in [3.05, 3.63) is 95.1 Å². The van der Waals surface area contributed by atoms with Crippen LogP contribution in [0.2, 0.25) is 0 Å². The van der Waals surface area contributed by atoms with Gasteiger partial charge in [-0.05, 0) is 59.5 Å². The lowest BCUT2D eigenvalue weighted by Gasteiger charge is -2.19. The molecule has 0 fully saturated rings. The highest BCUT2D eigenvalue weighted by Gasteiger charge is 2.30. The van der Waals surface area contributed by atoms with Crippen molar-refractivity contribution in [2.24, 2.45) is 0 Å². The van der Waals surface area contributed by atoms with E-state index in [4.69, 9.17) is 0 Å². The van der Waals surface area contributed by atoms with E-state index in [0.717, 1.165) is 17.7 Å². The number of carbonyl (C=O) groups excluding carboxylic acids is 2. The molecule has 0 heterocycles. The van der Waals surface area contributed by atoms with Gasteiger partial charge in [-0.2, -0.15) is 13.2 Å². The number of rotatable bonds is 4. The third-order valence-corrected chi connectivity index (χ3v) is 4.90. The van der Waals surface area contributed by atoms with Crippen molar-refractivity contribution in [3.8, 4) is 0 Å². The summed E-state index contributed by atoms with van der Waals surface area (Å²) >= 11 is 0. The van der Waals surface area contributed by atoms with Gasteiger partial charge in [-0.3, -0.25) is 9.59 Å². The molecule has 0 atom stereocenters. The maximum Gasteiger partial charge on any atom is 0.416 e. The monoisotopic (exact) mass is 440 g/mol. The van der Waals surface area contributed by atoms with Crippen molar-refractivity contribution in [1.82, 2.24) is 0 Å². The molecular weight excluding hydrogens is 417 g/mol. The minimum Gasteiger partial charge on any atom is -0.322 e. The van der Waals surface area contributed by atoms with E-state index >= 15 is 0 Å². The summed E-state index contributed by atoms with van der Waals surface area (Å²) in [7, 11) is 0. The lowest BCUT2D eigenvalue weighted by molar-refractivity contribution is -0.137. The molecule has 32 heavy (non-hydrogen) atoms. The molecule has 0 spiro atoms. The van der Waals surface area contributed by atoms with Gasteiger partial charge in [-0.25, -0.2) is 0 Å². The number of para-hydroxylation sites is 1. The average Bonchev–Trinajstić information content (AvgIpc) is 2.73. The Morgan fingerprint density at radius 1 is 0.688 bits per heavy atom. The molecular formula is C25H23F3N2O2. The number of hydrogen-bond donors (Lipinski definition) is 2. The molecule has 0 unspecified atom stereocenters. The molecule has 0 aliphatic heterocycles. The van der Waals surface area contributed by atoms with Gasteiger partial charge in [-0.15, -0.1) is 0 Å². The van der Waals surface area contributed by atoms with Crippen LogP contribution >= 0.6 is 0 Å². The highest BCUT2D eigenvalue weighted by atomic mass is 19.4. The van der Waals surface area contributed by atoms with Crippen LogP contribution in [0.15, 0.2) is 72.8 Å². The summed E-state index contributed by atoms with van der Waals surface area (Å²) < 4.78 is 38.1. The molecule has 0 aliphatic carbocycles. The van der Waals surface area contributed by atoms with E-state index in [2.05, 4.69) is 31.4 Å². The Balaban J connectivity index is 1.75. The zero-order chi connectivity index (χ0) is 23.5. The standard InChI is InChI=1S/C25H23F3N2O2/c1-24(2,3)17-10-8-16(9-11-17)22(31)30-21-7-5-4-6-20(21)23(32)29-19-14-12-18(13-15-19)25(26,27)28/h4-15H,1-3H3,(H,29,32)(H,30,31). The van der Waals surface area contributed by atoms with Gasteiger partial charge in [0.1, 0.15) is 0 Å². The van der Waals surface area contributed by atoms with Gasteiger partial charge < -0.3 is 10.6 Å². The molecule has 0 aliphatic rings. The molecule has 166 valence electrons. The Hall–Kier alpha value is -3.61. The van der Waals surface area contributed by atoms with Crippen LogP contribution in [0.5, 0.6) is 0 Å². The molecule has 0 aromatic heterocycles. The number of halogens is 3. The Kier molecular flexibility index (Phi) is 6.39. The number of amides is 2. The Bertz CT molecular complexity index is 1110.